The summed E-state index contributed by atoms with van der Waals surface area (Å²) in [7, 11) is 1.89. The predicted molar refractivity (Wildman–Crippen MR) is 69.3 cm³/mol. The summed E-state index contributed by atoms with van der Waals surface area (Å²) in [5.41, 5.74) is 1.78. The molecule has 1 aromatic rings. The van der Waals surface area contributed by atoms with Crippen molar-refractivity contribution in [2.75, 3.05) is 25.0 Å². The van der Waals surface area contributed by atoms with Gasteiger partial charge in [0.05, 0.1) is 17.9 Å². The Kier molecular flexibility index (Phi) is 3.22. The van der Waals surface area contributed by atoms with E-state index in [0.29, 0.717) is 6.54 Å². The van der Waals surface area contributed by atoms with Gasteiger partial charge in [0.1, 0.15) is 5.82 Å². The van der Waals surface area contributed by atoms with Gasteiger partial charge in [-0.25, -0.2) is 4.39 Å². The SMILES string of the molecule is CNCc1cccc(F)c1N1CC2CCC(C1)O2. The lowest BCUT2D eigenvalue weighted by molar-refractivity contribution is 0.0302. The van der Waals surface area contributed by atoms with Crippen LogP contribution in [0, 0.1) is 5.82 Å². The van der Waals surface area contributed by atoms with Crippen LogP contribution < -0.4 is 10.2 Å². The molecule has 1 N–H and O–H groups in total. The fraction of sp³-hybridized carbons (Fsp3) is 0.571. The lowest BCUT2D eigenvalue weighted by Gasteiger charge is -2.35. The smallest absolute Gasteiger partial charge is 0.146 e. The van der Waals surface area contributed by atoms with Gasteiger partial charge in [0.25, 0.3) is 0 Å². The molecule has 0 aromatic heterocycles. The number of morpholine rings is 1. The molecule has 3 rings (SSSR count). The summed E-state index contributed by atoms with van der Waals surface area (Å²) in [6.07, 6.45) is 2.78. The average molecular weight is 250 g/mol. The first-order valence-electron chi connectivity index (χ1n) is 6.60. The quantitative estimate of drug-likeness (QED) is 0.887. The number of anilines is 1. The predicted octanol–water partition coefficient (Wildman–Crippen LogP) is 1.91. The van der Waals surface area contributed by atoms with Gasteiger partial charge in [-0.2, -0.15) is 0 Å². The summed E-state index contributed by atoms with van der Waals surface area (Å²) in [6, 6.07) is 5.32. The molecule has 2 aliphatic heterocycles. The van der Waals surface area contributed by atoms with Gasteiger partial charge in [-0.05, 0) is 31.5 Å². The summed E-state index contributed by atoms with van der Waals surface area (Å²) in [5.74, 6) is -0.121. The van der Waals surface area contributed by atoms with Gasteiger partial charge in [0.15, 0.2) is 0 Å². The number of rotatable bonds is 3. The highest BCUT2D eigenvalue weighted by Crippen LogP contribution is 2.32. The summed E-state index contributed by atoms with van der Waals surface area (Å²) < 4.78 is 19.9. The van der Waals surface area contributed by atoms with E-state index < -0.39 is 0 Å². The van der Waals surface area contributed by atoms with Crippen LogP contribution in [0.5, 0.6) is 0 Å². The van der Waals surface area contributed by atoms with Gasteiger partial charge in [-0.3, -0.25) is 0 Å². The minimum absolute atomic E-state index is 0.121. The fourth-order valence-electron chi connectivity index (χ4n) is 3.04. The number of hydrogen-bond acceptors (Lipinski definition) is 3. The van der Waals surface area contributed by atoms with Crippen LogP contribution in [0.15, 0.2) is 18.2 Å². The van der Waals surface area contributed by atoms with Gasteiger partial charge in [0.2, 0.25) is 0 Å². The van der Waals surface area contributed by atoms with Gasteiger partial charge >= 0.3 is 0 Å². The number of fused-ring (bicyclic) bond motifs is 2. The molecule has 2 aliphatic rings. The van der Waals surface area contributed by atoms with Crippen molar-refractivity contribution in [3.63, 3.8) is 0 Å². The molecule has 2 bridgehead atoms. The zero-order chi connectivity index (χ0) is 12.5. The molecule has 2 heterocycles. The third kappa shape index (κ3) is 2.10. The van der Waals surface area contributed by atoms with E-state index in [4.69, 9.17) is 4.74 Å². The zero-order valence-corrected chi connectivity index (χ0v) is 10.7. The number of hydrogen-bond donors (Lipinski definition) is 1. The van der Waals surface area contributed by atoms with Crippen LogP contribution in [-0.2, 0) is 11.3 Å². The Morgan fingerprint density at radius 1 is 1.33 bits per heavy atom. The first kappa shape index (κ1) is 11.9. The summed E-state index contributed by atoms with van der Waals surface area (Å²) in [5, 5.41) is 3.10. The topological polar surface area (TPSA) is 24.5 Å². The van der Waals surface area contributed by atoms with Crippen molar-refractivity contribution in [2.24, 2.45) is 0 Å². The van der Waals surface area contributed by atoms with Gasteiger partial charge in [-0.1, -0.05) is 12.1 Å². The van der Waals surface area contributed by atoms with E-state index in [2.05, 4.69) is 10.2 Å². The Balaban J connectivity index is 1.90. The van der Waals surface area contributed by atoms with Crippen LogP contribution in [-0.4, -0.2) is 32.3 Å². The first-order valence-corrected chi connectivity index (χ1v) is 6.60. The monoisotopic (exact) mass is 250 g/mol. The van der Waals surface area contributed by atoms with Crippen molar-refractivity contribution in [1.82, 2.24) is 5.32 Å². The van der Waals surface area contributed by atoms with Crippen LogP contribution >= 0.6 is 0 Å². The van der Waals surface area contributed by atoms with E-state index in [0.717, 1.165) is 37.2 Å². The van der Waals surface area contributed by atoms with Crippen molar-refractivity contribution in [2.45, 2.75) is 31.6 Å². The molecule has 98 valence electrons. The molecule has 1 aromatic carbocycles. The molecular weight excluding hydrogens is 231 g/mol. The Labute approximate surface area is 107 Å². The van der Waals surface area contributed by atoms with E-state index in [1.54, 1.807) is 12.1 Å². The maximum atomic E-state index is 14.1. The highest BCUT2D eigenvalue weighted by Gasteiger charge is 2.35. The standard InChI is InChI=1S/C14H19FN2O/c1-16-7-10-3-2-4-13(15)14(10)17-8-11-5-6-12(9-17)18-11/h2-4,11-12,16H,5-9H2,1H3. The molecule has 2 unspecified atom stereocenters. The molecule has 2 atom stereocenters. The lowest BCUT2D eigenvalue weighted by atomic mass is 10.1. The molecule has 0 saturated carbocycles. The van der Waals surface area contributed by atoms with Gasteiger partial charge in [-0.15, -0.1) is 0 Å². The number of benzene rings is 1. The zero-order valence-electron chi connectivity index (χ0n) is 10.7. The molecule has 2 fully saturated rings. The van der Waals surface area contributed by atoms with E-state index in [9.17, 15) is 4.39 Å². The molecular formula is C14H19FN2O. The minimum Gasteiger partial charge on any atom is -0.371 e. The second-order valence-corrected chi connectivity index (χ2v) is 5.14. The Bertz CT molecular complexity index is 426. The van der Waals surface area contributed by atoms with E-state index in [1.165, 1.54) is 0 Å². The van der Waals surface area contributed by atoms with Gasteiger partial charge in [0, 0.05) is 19.6 Å². The minimum atomic E-state index is -0.121. The number of nitrogens with one attached hydrogen (secondary N) is 1. The van der Waals surface area contributed by atoms with Crippen molar-refractivity contribution in [3.05, 3.63) is 29.6 Å². The molecule has 0 amide bonds. The number of halogens is 1. The van der Waals surface area contributed by atoms with Crippen LogP contribution in [0.3, 0.4) is 0 Å². The Hall–Kier alpha value is -1.13. The Morgan fingerprint density at radius 3 is 2.72 bits per heavy atom. The average Bonchev–Trinajstić information content (AvgIpc) is 2.69. The largest absolute Gasteiger partial charge is 0.371 e. The third-order valence-electron chi connectivity index (χ3n) is 3.80. The van der Waals surface area contributed by atoms with Crippen LogP contribution in [0.2, 0.25) is 0 Å². The van der Waals surface area contributed by atoms with Crippen LogP contribution in [0.25, 0.3) is 0 Å². The van der Waals surface area contributed by atoms with Crippen LogP contribution in [0.1, 0.15) is 18.4 Å². The highest BCUT2D eigenvalue weighted by molar-refractivity contribution is 5.55. The molecule has 0 aliphatic carbocycles. The molecule has 3 nitrogen and oxygen atoms in total. The fourth-order valence-corrected chi connectivity index (χ4v) is 3.04. The number of para-hydroxylation sites is 1. The molecule has 0 spiro atoms. The van der Waals surface area contributed by atoms with Crippen molar-refractivity contribution < 1.29 is 9.13 Å². The summed E-state index contributed by atoms with van der Waals surface area (Å²) >= 11 is 0. The second kappa shape index (κ2) is 4.86. The van der Waals surface area contributed by atoms with Gasteiger partial charge < -0.3 is 15.0 Å². The lowest BCUT2D eigenvalue weighted by Crippen LogP contribution is -2.43. The normalized spacial score (nSPS) is 26.7. The summed E-state index contributed by atoms with van der Waals surface area (Å²) in [4.78, 5) is 2.16. The maximum absolute atomic E-state index is 14.1. The van der Waals surface area contributed by atoms with Crippen molar-refractivity contribution in [3.8, 4) is 0 Å². The molecule has 18 heavy (non-hydrogen) atoms. The number of ether oxygens (including phenoxy) is 1. The molecule has 4 heteroatoms. The van der Waals surface area contributed by atoms with E-state index in [1.807, 2.05) is 13.1 Å². The third-order valence-corrected chi connectivity index (χ3v) is 3.80. The van der Waals surface area contributed by atoms with E-state index >= 15 is 0 Å². The van der Waals surface area contributed by atoms with E-state index in [-0.39, 0.29) is 18.0 Å². The maximum Gasteiger partial charge on any atom is 0.146 e. The first-order chi connectivity index (χ1) is 8.78. The molecule has 0 radical (unpaired) electrons. The summed E-state index contributed by atoms with van der Waals surface area (Å²) in [6.45, 7) is 2.32. The van der Waals surface area contributed by atoms with Crippen LogP contribution in [0.4, 0.5) is 10.1 Å². The van der Waals surface area contributed by atoms with Crippen molar-refractivity contribution in [1.29, 1.82) is 0 Å². The Morgan fingerprint density at radius 2 is 2.06 bits per heavy atom. The number of nitrogens with zero attached hydrogens (tertiary/aromatic N) is 1. The second-order valence-electron chi connectivity index (χ2n) is 5.14. The molecule has 2 saturated heterocycles. The highest BCUT2D eigenvalue weighted by atomic mass is 19.1. The van der Waals surface area contributed by atoms with Crippen molar-refractivity contribution >= 4 is 5.69 Å².